The number of benzene rings is 2. The van der Waals surface area contributed by atoms with Crippen LogP contribution in [0.3, 0.4) is 0 Å². The lowest BCUT2D eigenvalue weighted by atomic mass is 10.0. The Labute approximate surface area is 160 Å². The summed E-state index contributed by atoms with van der Waals surface area (Å²) in [6, 6.07) is 15.2. The number of sulfonamides is 1. The zero-order valence-corrected chi connectivity index (χ0v) is 16.5. The number of fused-ring (bicyclic) bond motifs is 1. The van der Waals surface area contributed by atoms with Gasteiger partial charge in [-0.1, -0.05) is 43.3 Å². The highest BCUT2D eigenvalue weighted by molar-refractivity contribution is 7.92. The maximum absolute atomic E-state index is 12.6. The third kappa shape index (κ3) is 4.42. The summed E-state index contributed by atoms with van der Waals surface area (Å²) < 4.78 is 31.5. The number of anilines is 1. The second-order valence-electron chi connectivity index (χ2n) is 6.93. The van der Waals surface area contributed by atoms with Gasteiger partial charge in [0, 0.05) is 6.54 Å². The number of hydrogen-bond acceptors (Lipinski definition) is 4. The Kier molecular flexibility index (Phi) is 5.41. The summed E-state index contributed by atoms with van der Waals surface area (Å²) in [6.45, 7) is 4.31. The van der Waals surface area contributed by atoms with E-state index < -0.39 is 16.1 Å². The lowest BCUT2D eigenvalue weighted by Gasteiger charge is -2.34. The van der Waals surface area contributed by atoms with Crippen molar-refractivity contribution < 1.29 is 17.9 Å². The maximum Gasteiger partial charge on any atom is 0.263 e. The van der Waals surface area contributed by atoms with E-state index in [1.54, 1.807) is 12.1 Å². The van der Waals surface area contributed by atoms with Gasteiger partial charge in [0.15, 0.2) is 6.10 Å². The highest BCUT2D eigenvalue weighted by Crippen LogP contribution is 2.35. The van der Waals surface area contributed by atoms with E-state index >= 15 is 0 Å². The summed E-state index contributed by atoms with van der Waals surface area (Å²) in [4.78, 5) is 12.6. The van der Waals surface area contributed by atoms with Crippen LogP contribution in [-0.4, -0.2) is 39.8 Å². The molecule has 0 fully saturated rings. The van der Waals surface area contributed by atoms with Crippen LogP contribution in [0.2, 0.25) is 0 Å². The third-order valence-electron chi connectivity index (χ3n) is 4.63. The van der Waals surface area contributed by atoms with E-state index in [9.17, 15) is 13.2 Å². The minimum atomic E-state index is -3.52. The summed E-state index contributed by atoms with van der Waals surface area (Å²) in [5.74, 6) is 0.214. The van der Waals surface area contributed by atoms with Gasteiger partial charge in [-0.05, 0) is 36.1 Å². The molecule has 2 aromatic rings. The van der Waals surface area contributed by atoms with E-state index in [2.05, 4.69) is 5.32 Å². The zero-order valence-electron chi connectivity index (χ0n) is 15.7. The minimum absolute atomic E-state index is 0.0408. The van der Waals surface area contributed by atoms with Gasteiger partial charge in [0.25, 0.3) is 5.91 Å². The molecule has 1 amide bonds. The van der Waals surface area contributed by atoms with Crippen LogP contribution in [0.5, 0.6) is 5.75 Å². The average molecular weight is 388 g/mol. The highest BCUT2D eigenvalue weighted by Gasteiger charge is 2.35. The fraction of sp³-hybridized carbons (Fsp3) is 0.350. The number of ether oxygens (including phenoxy) is 1. The minimum Gasteiger partial charge on any atom is -0.476 e. The first-order valence-corrected chi connectivity index (χ1v) is 10.7. The number of nitrogens with zero attached hydrogens (tertiary/aromatic N) is 1. The van der Waals surface area contributed by atoms with Crippen molar-refractivity contribution in [3.05, 3.63) is 59.7 Å². The van der Waals surface area contributed by atoms with Crippen molar-refractivity contribution in [1.82, 2.24) is 5.32 Å². The van der Waals surface area contributed by atoms with E-state index in [1.807, 2.05) is 50.2 Å². The van der Waals surface area contributed by atoms with Crippen molar-refractivity contribution in [2.45, 2.75) is 25.9 Å². The van der Waals surface area contributed by atoms with E-state index in [-0.39, 0.29) is 18.4 Å². The van der Waals surface area contributed by atoms with E-state index in [1.165, 1.54) is 4.31 Å². The van der Waals surface area contributed by atoms with Crippen molar-refractivity contribution in [2.75, 3.05) is 23.7 Å². The first-order valence-electron chi connectivity index (χ1n) is 8.83. The number of rotatable bonds is 5. The van der Waals surface area contributed by atoms with Crippen molar-refractivity contribution in [3.8, 4) is 5.75 Å². The normalized spacial score (nSPS) is 17.6. The number of amides is 1. The Morgan fingerprint density at radius 3 is 2.63 bits per heavy atom. The second kappa shape index (κ2) is 7.60. The van der Waals surface area contributed by atoms with Crippen LogP contribution in [-0.2, 0) is 14.8 Å². The van der Waals surface area contributed by atoms with Crippen molar-refractivity contribution in [2.24, 2.45) is 0 Å². The van der Waals surface area contributed by atoms with Gasteiger partial charge in [0.2, 0.25) is 10.0 Å². The Bertz CT molecular complexity index is 928. The summed E-state index contributed by atoms with van der Waals surface area (Å²) in [5, 5.41) is 2.88. The largest absolute Gasteiger partial charge is 0.476 e. The zero-order chi connectivity index (χ0) is 19.6. The van der Waals surface area contributed by atoms with Gasteiger partial charge in [-0.15, -0.1) is 0 Å². The Morgan fingerprint density at radius 2 is 1.96 bits per heavy atom. The van der Waals surface area contributed by atoms with Crippen LogP contribution in [0.15, 0.2) is 48.5 Å². The average Bonchev–Trinajstić information content (AvgIpc) is 2.64. The summed E-state index contributed by atoms with van der Waals surface area (Å²) in [6.07, 6.45) is 0.245. The Morgan fingerprint density at radius 1 is 1.26 bits per heavy atom. The molecule has 0 unspecified atom stereocenters. The summed E-state index contributed by atoms with van der Waals surface area (Å²) in [7, 11) is -3.52. The molecular formula is C20H24N2O4S. The quantitative estimate of drug-likeness (QED) is 0.854. The molecule has 0 saturated carbocycles. The molecule has 0 aliphatic carbocycles. The number of carbonyl (C=O) groups is 1. The second-order valence-corrected chi connectivity index (χ2v) is 8.84. The van der Waals surface area contributed by atoms with E-state index in [4.69, 9.17) is 4.74 Å². The standard InChI is InChI=1S/C20H24N2O4S/c1-14-9-10-18-17(11-14)22(27(3,24)25)13-19(26-18)20(23)21-12-15(2)16-7-5-4-6-8-16/h4-11,15,19H,12-13H2,1-3H3,(H,21,23)/t15-,19+/m0/s1. The molecule has 7 heteroatoms. The number of hydrogen-bond donors (Lipinski definition) is 1. The Hall–Kier alpha value is -2.54. The first-order chi connectivity index (χ1) is 12.8. The molecule has 2 atom stereocenters. The van der Waals surface area contributed by atoms with Crippen molar-refractivity contribution >= 4 is 21.6 Å². The van der Waals surface area contributed by atoms with Crippen LogP contribution in [0.25, 0.3) is 0 Å². The predicted molar refractivity (Wildman–Crippen MR) is 106 cm³/mol. The first kappa shape index (κ1) is 19.2. The molecule has 0 spiro atoms. The number of aryl methyl sites for hydroxylation is 1. The number of carbonyl (C=O) groups excluding carboxylic acids is 1. The third-order valence-corrected chi connectivity index (χ3v) is 5.77. The molecule has 3 rings (SSSR count). The number of nitrogens with one attached hydrogen (secondary N) is 1. The van der Waals surface area contributed by atoms with E-state index in [0.717, 1.165) is 17.4 Å². The van der Waals surface area contributed by atoms with Gasteiger partial charge in [-0.2, -0.15) is 0 Å². The monoisotopic (exact) mass is 388 g/mol. The van der Waals surface area contributed by atoms with E-state index in [0.29, 0.717) is 18.0 Å². The van der Waals surface area contributed by atoms with Crippen LogP contribution in [0.1, 0.15) is 24.0 Å². The molecule has 2 aromatic carbocycles. The molecule has 0 aromatic heterocycles. The van der Waals surface area contributed by atoms with Gasteiger partial charge in [-0.25, -0.2) is 8.42 Å². The smallest absolute Gasteiger partial charge is 0.263 e. The molecule has 0 radical (unpaired) electrons. The van der Waals surface area contributed by atoms with Crippen LogP contribution in [0.4, 0.5) is 5.69 Å². The molecule has 0 bridgehead atoms. The van der Waals surface area contributed by atoms with Gasteiger partial charge >= 0.3 is 0 Å². The summed E-state index contributed by atoms with van der Waals surface area (Å²) >= 11 is 0. The molecule has 1 N–H and O–H groups in total. The topological polar surface area (TPSA) is 75.7 Å². The molecule has 27 heavy (non-hydrogen) atoms. The van der Waals surface area contributed by atoms with Crippen LogP contribution in [0, 0.1) is 6.92 Å². The maximum atomic E-state index is 12.6. The van der Waals surface area contributed by atoms with Gasteiger partial charge in [-0.3, -0.25) is 9.10 Å². The highest BCUT2D eigenvalue weighted by atomic mass is 32.2. The van der Waals surface area contributed by atoms with Crippen LogP contribution < -0.4 is 14.4 Å². The van der Waals surface area contributed by atoms with Gasteiger partial charge < -0.3 is 10.1 Å². The molecular weight excluding hydrogens is 364 g/mol. The lowest BCUT2D eigenvalue weighted by molar-refractivity contribution is -0.127. The van der Waals surface area contributed by atoms with Crippen LogP contribution >= 0.6 is 0 Å². The Balaban J connectivity index is 1.73. The molecule has 144 valence electrons. The van der Waals surface area contributed by atoms with Crippen molar-refractivity contribution in [1.29, 1.82) is 0 Å². The van der Waals surface area contributed by atoms with Gasteiger partial charge in [0.1, 0.15) is 5.75 Å². The predicted octanol–water partition coefficient (Wildman–Crippen LogP) is 2.44. The SMILES string of the molecule is Cc1ccc2c(c1)N(S(C)(=O)=O)C[C@H](C(=O)NC[C@H](C)c1ccccc1)O2. The lowest BCUT2D eigenvalue weighted by Crippen LogP contribution is -2.51. The molecule has 1 aliphatic rings. The molecule has 6 nitrogen and oxygen atoms in total. The molecule has 1 aliphatic heterocycles. The molecule has 1 heterocycles. The fourth-order valence-electron chi connectivity index (χ4n) is 3.08. The molecule has 0 saturated heterocycles. The van der Waals surface area contributed by atoms with Crippen molar-refractivity contribution in [3.63, 3.8) is 0 Å². The summed E-state index contributed by atoms with van der Waals surface area (Å²) in [5.41, 5.74) is 2.52. The fourth-order valence-corrected chi connectivity index (χ4v) is 3.99. The van der Waals surface area contributed by atoms with Gasteiger partial charge in [0.05, 0.1) is 18.5 Å².